The summed E-state index contributed by atoms with van der Waals surface area (Å²) in [6.07, 6.45) is 1.02. The lowest BCUT2D eigenvalue weighted by Gasteiger charge is -2.19. The molecule has 0 unspecified atom stereocenters. The van der Waals surface area contributed by atoms with Crippen LogP contribution >= 0.6 is 0 Å². The number of esters is 1. The molecule has 0 saturated carbocycles. The zero-order valence-electron chi connectivity index (χ0n) is 13.1. The second-order valence-electron chi connectivity index (χ2n) is 5.30. The monoisotopic (exact) mass is 320 g/mol. The van der Waals surface area contributed by atoms with Gasteiger partial charge in [-0.15, -0.1) is 0 Å². The molecule has 1 heterocycles. The lowest BCUT2D eigenvalue weighted by Crippen LogP contribution is -2.49. The molecule has 0 radical (unpaired) electrons. The molecule has 124 valence electrons. The van der Waals surface area contributed by atoms with E-state index in [4.69, 9.17) is 9.47 Å². The highest BCUT2D eigenvalue weighted by Crippen LogP contribution is 2.15. The first-order chi connectivity index (χ1) is 11.0. The Labute approximate surface area is 134 Å². The molecule has 1 aromatic rings. The van der Waals surface area contributed by atoms with Crippen molar-refractivity contribution in [2.24, 2.45) is 0 Å². The molecule has 1 fully saturated rings. The Balaban J connectivity index is 2.06. The van der Waals surface area contributed by atoms with Crippen LogP contribution in [0.1, 0.15) is 18.4 Å². The van der Waals surface area contributed by atoms with Crippen LogP contribution < -0.4 is 15.4 Å². The summed E-state index contributed by atoms with van der Waals surface area (Å²) in [5.41, 5.74) is 0.829. The van der Waals surface area contributed by atoms with Gasteiger partial charge in [-0.2, -0.15) is 0 Å². The van der Waals surface area contributed by atoms with Crippen LogP contribution in [-0.4, -0.2) is 44.1 Å². The zero-order valence-corrected chi connectivity index (χ0v) is 13.1. The predicted octanol–water partition coefficient (Wildman–Crippen LogP) is 0.174. The fourth-order valence-corrected chi connectivity index (χ4v) is 2.45. The lowest BCUT2D eigenvalue weighted by atomic mass is 10.0. The van der Waals surface area contributed by atoms with Gasteiger partial charge in [0.25, 0.3) is 0 Å². The highest BCUT2D eigenvalue weighted by atomic mass is 16.5. The van der Waals surface area contributed by atoms with E-state index < -0.39 is 18.1 Å². The van der Waals surface area contributed by atoms with Crippen molar-refractivity contribution in [3.05, 3.63) is 29.8 Å². The quantitative estimate of drug-likeness (QED) is 0.729. The fourth-order valence-electron chi connectivity index (χ4n) is 2.45. The molecule has 2 rings (SSSR count). The second kappa shape index (κ2) is 7.62. The third-order valence-electron chi connectivity index (χ3n) is 3.69. The third-order valence-corrected chi connectivity index (χ3v) is 3.69. The van der Waals surface area contributed by atoms with Gasteiger partial charge in [0, 0.05) is 12.8 Å². The number of hydrogen-bond donors (Lipinski definition) is 2. The Morgan fingerprint density at radius 1 is 1.39 bits per heavy atom. The van der Waals surface area contributed by atoms with Gasteiger partial charge in [-0.05, 0) is 24.1 Å². The van der Waals surface area contributed by atoms with Crippen LogP contribution in [0.25, 0.3) is 0 Å². The maximum atomic E-state index is 12.2. The number of carbonyl (C=O) groups excluding carboxylic acids is 3. The van der Waals surface area contributed by atoms with Crippen molar-refractivity contribution in [1.82, 2.24) is 10.6 Å². The molecule has 2 amide bonds. The van der Waals surface area contributed by atoms with Gasteiger partial charge in [0.2, 0.25) is 11.8 Å². The van der Waals surface area contributed by atoms with Crippen molar-refractivity contribution in [3.8, 4) is 5.75 Å². The van der Waals surface area contributed by atoms with Crippen molar-refractivity contribution < 1.29 is 23.9 Å². The first-order valence-corrected chi connectivity index (χ1v) is 7.34. The summed E-state index contributed by atoms with van der Waals surface area (Å²) >= 11 is 0. The Morgan fingerprint density at radius 3 is 2.78 bits per heavy atom. The minimum atomic E-state index is -0.822. The molecule has 0 aliphatic carbocycles. The molecule has 2 N–H and O–H groups in total. The number of benzene rings is 1. The summed E-state index contributed by atoms with van der Waals surface area (Å²) in [5, 5.41) is 5.22. The summed E-state index contributed by atoms with van der Waals surface area (Å²) in [6, 6.07) is 5.81. The van der Waals surface area contributed by atoms with Crippen LogP contribution in [0.3, 0.4) is 0 Å². The molecule has 0 bridgehead atoms. The third kappa shape index (κ3) is 4.45. The maximum absolute atomic E-state index is 12.2. The molecule has 7 nitrogen and oxygen atoms in total. The zero-order chi connectivity index (χ0) is 16.8. The van der Waals surface area contributed by atoms with E-state index >= 15 is 0 Å². The van der Waals surface area contributed by atoms with Crippen LogP contribution in [0.4, 0.5) is 0 Å². The number of methoxy groups -OCH3 is 2. The van der Waals surface area contributed by atoms with Crippen molar-refractivity contribution in [1.29, 1.82) is 0 Å². The number of amides is 2. The molecule has 1 saturated heterocycles. The van der Waals surface area contributed by atoms with E-state index in [1.165, 1.54) is 7.11 Å². The molecule has 2 atom stereocenters. The van der Waals surface area contributed by atoms with Crippen molar-refractivity contribution in [3.63, 3.8) is 0 Å². The summed E-state index contributed by atoms with van der Waals surface area (Å²) in [6.45, 7) is 0. The van der Waals surface area contributed by atoms with Crippen molar-refractivity contribution >= 4 is 17.8 Å². The number of carbonyl (C=O) groups is 3. The molecule has 7 heteroatoms. The van der Waals surface area contributed by atoms with E-state index in [0.717, 1.165) is 5.56 Å². The summed E-state index contributed by atoms with van der Waals surface area (Å²) in [5.74, 6) is -0.410. The molecule has 1 aliphatic rings. The first kappa shape index (κ1) is 16.8. The fraction of sp³-hybridized carbons (Fsp3) is 0.438. The smallest absolute Gasteiger partial charge is 0.328 e. The van der Waals surface area contributed by atoms with Crippen molar-refractivity contribution in [2.45, 2.75) is 31.3 Å². The average molecular weight is 320 g/mol. The van der Waals surface area contributed by atoms with E-state index in [-0.39, 0.29) is 18.2 Å². The topological polar surface area (TPSA) is 93.7 Å². The van der Waals surface area contributed by atoms with Crippen LogP contribution in [0.15, 0.2) is 24.3 Å². The van der Waals surface area contributed by atoms with Crippen LogP contribution in [0.2, 0.25) is 0 Å². The molecule has 0 spiro atoms. The van der Waals surface area contributed by atoms with Crippen LogP contribution in [0, 0.1) is 0 Å². The Bertz CT molecular complexity index is 602. The molecule has 1 aromatic carbocycles. The summed E-state index contributed by atoms with van der Waals surface area (Å²) in [7, 11) is 2.83. The van der Waals surface area contributed by atoms with E-state index in [2.05, 4.69) is 10.6 Å². The Kier molecular flexibility index (Phi) is 5.56. The van der Waals surface area contributed by atoms with E-state index in [9.17, 15) is 14.4 Å². The van der Waals surface area contributed by atoms with Crippen molar-refractivity contribution in [2.75, 3.05) is 14.2 Å². The van der Waals surface area contributed by atoms with Gasteiger partial charge in [-0.1, -0.05) is 12.1 Å². The number of hydrogen-bond acceptors (Lipinski definition) is 5. The standard InChI is InChI=1S/C16H20N2O5/c1-22-11-5-3-4-10(8-11)9-13(16(21)23-2)18-15(20)12-6-7-14(19)17-12/h3-5,8,12-13H,6-7,9H2,1-2H3,(H,17,19)(H,18,20)/t12-,13+/m1/s1. The van der Waals surface area contributed by atoms with Gasteiger partial charge >= 0.3 is 5.97 Å². The number of nitrogens with one attached hydrogen (secondary N) is 2. The number of rotatable bonds is 6. The van der Waals surface area contributed by atoms with E-state index in [1.54, 1.807) is 19.2 Å². The largest absolute Gasteiger partial charge is 0.497 e. The SMILES string of the molecule is COC(=O)[C@H](Cc1cccc(OC)c1)NC(=O)[C@H]1CCC(=O)N1. The lowest BCUT2D eigenvalue weighted by molar-refractivity contribution is -0.145. The molecular weight excluding hydrogens is 300 g/mol. The van der Waals surface area contributed by atoms with Gasteiger partial charge in [-0.25, -0.2) is 4.79 Å². The number of ether oxygens (including phenoxy) is 2. The van der Waals surface area contributed by atoms with Gasteiger partial charge < -0.3 is 20.1 Å². The highest BCUT2D eigenvalue weighted by molar-refractivity contribution is 5.93. The van der Waals surface area contributed by atoms with E-state index in [1.807, 2.05) is 12.1 Å². The average Bonchev–Trinajstić information content (AvgIpc) is 3.00. The summed E-state index contributed by atoms with van der Waals surface area (Å²) in [4.78, 5) is 35.3. The maximum Gasteiger partial charge on any atom is 0.328 e. The van der Waals surface area contributed by atoms with Crippen LogP contribution in [0.5, 0.6) is 5.75 Å². The highest BCUT2D eigenvalue weighted by Gasteiger charge is 2.30. The molecule has 23 heavy (non-hydrogen) atoms. The Morgan fingerprint density at radius 2 is 2.17 bits per heavy atom. The molecule has 1 aliphatic heterocycles. The Hall–Kier alpha value is -2.57. The summed E-state index contributed by atoms with van der Waals surface area (Å²) < 4.78 is 9.90. The van der Waals surface area contributed by atoms with Gasteiger partial charge in [0.05, 0.1) is 14.2 Å². The van der Waals surface area contributed by atoms with Gasteiger partial charge in [-0.3, -0.25) is 9.59 Å². The van der Waals surface area contributed by atoms with Gasteiger partial charge in [0.15, 0.2) is 0 Å². The molecule has 0 aromatic heterocycles. The van der Waals surface area contributed by atoms with Crippen LogP contribution in [-0.2, 0) is 25.5 Å². The second-order valence-corrected chi connectivity index (χ2v) is 5.30. The predicted molar refractivity (Wildman–Crippen MR) is 81.8 cm³/mol. The molecular formula is C16H20N2O5. The minimum absolute atomic E-state index is 0.160. The minimum Gasteiger partial charge on any atom is -0.497 e. The van der Waals surface area contributed by atoms with Gasteiger partial charge in [0.1, 0.15) is 17.8 Å². The first-order valence-electron chi connectivity index (χ1n) is 7.34. The van der Waals surface area contributed by atoms with E-state index in [0.29, 0.717) is 18.6 Å². The normalized spacial score (nSPS) is 18.0.